The molecule has 0 fully saturated rings. The van der Waals surface area contributed by atoms with E-state index in [-0.39, 0.29) is 0 Å². The highest BCUT2D eigenvalue weighted by Gasteiger charge is 1.92. The maximum Gasteiger partial charge on any atom is 0.0477 e. The van der Waals surface area contributed by atoms with Crippen LogP contribution in [0.25, 0.3) is 10.9 Å². The summed E-state index contributed by atoms with van der Waals surface area (Å²) in [4.78, 5) is 0. The SMILES string of the molecule is Cn1ccc2ccccc21.S=S=S=S=S=S=S. The minimum absolute atomic E-state index is 1.29. The number of aryl methyl sites for hydroxylation is 1. The number of hydrogen-bond donors (Lipinski definition) is 0. The number of para-hydroxylation sites is 1. The third-order valence-electron chi connectivity index (χ3n) is 1.91. The zero-order valence-electron chi connectivity index (χ0n) is 8.77. The lowest BCUT2D eigenvalue weighted by Gasteiger charge is -1.92. The fourth-order valence-electron chi connectivity index (χ4n) is 1.26. The van der Waals surface area contributed by atoms with E-state index in [1.807, 2.05) is 0 Å². The minimum atomic E-state index is 1.29. The van der Waals surface area contributed by atoms with Crippen molar-refractivity contribution >= 4 is 77.7 Å². The van der Waals surface area contributed by atoms with E-state index in [0.717, 1.165) is 0 Å². The van der Waals surface area contributed by atoms with E-state index in [1.54, 1.807) is 26.6 Å². The molecule has 17 heavy (non-hydrogen) atoms. The molecule has 2 aromatic rings. The normalized spacial score (nSPS) is 8.76. The van der Waals surface area contributed by atoms with Gasteiger partial charge in [0.1, 0.15) is 0 Å². The van der Waals surface area contributed by atoms with E-state index in [4.69, 9.17) is 0 Å². The molecule has 1 nitrogen and oxygen atoms in total. The van der Waals surface area contributed by atoms with Crippen LogP contribution < -0.4 is 0 Å². The van der Waals surface area contributed by atoms with Gasteiger partial charge in [0.2, 0.25) is 0 Å². The first-order chi connectivity index (χ1) is 8.29. The van der Waals surface area contributed by atoms with Gasteiger partial charge in [0.25, 0.3) is 0 Å². The first kappa shape index (κ1) is 15.4. The van der Waals surface area contributed by atoms with Crippen LogP contribution >= 0.6 is 0 Å². The lowest BCUT2D eigenvalue weighted by atomic mass is 10.2. The summed E-state index contributed by atoms with van der Waals surface area (Å²) in [7, 11) is 9.42. The Bertz CT molecular complexity index is 667. The number of nitrogens with zero attached hydrogens (tertiary/aromatic N) is 1. The second kappa shape index (κ2) is 9.26. The van der Waals surface area contributed by atoms with Gasteiger partial charge >= 0.3 is 0 Å². The summed E-state index contributed by atoms with van der Waals surface area (Å²) in [5.74, 6) is 0. The Morgan fingerprint density at radius 2 is 1.59 bits per heavy atom. The maximum absolute atomic E-state index is 4.57. The number of hydrogen-bond acceptors (Lipinski definition) is 2. The van der Waals surface area contributed by atoms with Gasteiger partial charge in [-0.25, -0.2) is 0 Å². The average Bonchev–Trinajstić information content (AvgIpc) is 2.74. The van der Waals surface area contributed by atoms with Crippen LogP contribution in [0.5, 0.6) is 0 Å². The van der Waals surface area contributed by atoms with Gasteiger partial charge in [-0.2, -0.15) is 0 Å². The molecule has 0 radical (unpaired) electrons. The van der Waals surface area contributed by atoms with E-state index in [0.29, 0.717) is 0 Å². The molecule has 0 aliphatic carbocycles. The summed E-state index contributed by atoms with van der Waals surface area (Å²) >= 11 is 9.14. The monoisotopic (exact) mass is 355 g/mol. The molecule has 1 aromatic carbocycles. The van der Waals surface area contributed by atoms with Crippen molar-refractivity contribution < 1.29 is 0 Å². The van der Waals surface area contributed by atoms with E-state index < -0.39 is 0 Å². The highest BCUT2D eigenvalue weighted by Crippen LogP contribution is 2.12. The quantitative estimate of drug-likeness (QED) is 0.714. The first-order valence-electron chi connectivity index (χ1n) is 4.38. The van der Waals surface area contributed by atoms with Crippen LogP contribution in [0.1, 0.15) is 0 Å². The van der Waals surface area contributed by atoms with Crippen LogP contribution in [-0.2, 0) is 73.8 Å². The van der Waals surface area contributed by atoms with Crippen molar-refractivity contribution in [3.63, 3.8) is 0 Å². The largest absolute Gasteiger partial charge is 0.351 e. The number of benzene rings is 1. The van der Waals surface area contributed by atoms with Crippen molar-refractivity contribution in [1.82, 2.24) is 4.57 Å². The maximum atomic E-state index is 4.57. The molecule has 0 spiro atoms. The third kappa shape index (κ3) is 5.64. The summed E-state index contributed by atoms with van der Waals surface area (Å²) in [6.45, 7) is 0. The molecule has 0 saturated carbocycles. The molecular formula is C9H9NS7. The lowest BCUT2D eigenvalue weighted by Crippen LogP contribution is -1.81. The van der Waals surface area contributed by atoms with Gasteiger partial charge in [-0.3, -0.25) is 0 Å². The van der Waals surface area contributed by atoms with Gasteiger partial charge in [0.05, 0.1) is 0 Å². The predicted octanol–water partition coefficient (Wildman–Crippen LogP) is 2.16. The highest BCUT2D eigenvalue weighted by molar-refractivity contribution is 8.68. The van der Waals surface area contributed by atoms with Crippen molar-refractivity contribution in [3.8, 4) is 0 Å². The molecule has 0 aliphatic heterocycles. The fraction of sp³-hybridized carbons (Fsp3) is 0.111. The Kier molecular flexibility index (Phi) is 8.36. The lowest BCUT2D eigenvalue weighted by molar-refractivity contribution is 0.969. The molecule has 2 rings (SSSR count). The number of rotatable bonds is 0. The van der Waals surface area contributed by atoms with Gasteiger partial charge in [-0.1, -0.05) is 18.2 Å². The van der Waals surface area contributed by atoms with Crippen LogP contribution in [0.4, 0.5) is 0 Å². The standard InChI is InChI=1S/C9H9N.S7/c1-10-7-6-8-4-2-3-5-9(8)10;1-3-5-7-6-4-2/h2-7H,1H3;. The smallest absolute Gasteiger partial charge is 0.0477 e. The summed E-state index contributed by atoms with van der Waals surface area (Å²) in [6.07, 6.45) is 2.07. The summed E-state index contributed by atoms with van der Waals surface area (Å²) < 4.78 is 2.12. The topological polar surface area (TPSA) is 4.93 Å². The van der Waals surface area contributed by atoms with Crippen molar-refractivity contribution in [1.29, 1.82) is 0 Å². The Hall–Kier alpha value is 0.300. The Balaban J connectivity index is 0.000000185. The van der Waals surface area contributed by atoms with Crippen molar-refractivity contribution in [2.24, 2.45) is 7.05 Å². The van der Waals surface area contributed by atoms with Crippen LogP contribution in [0.15, 0.2) is 36.5 Å². The molecule has 0 aliphatic rings. The summed E-state index contributed by atoms with van der Waals surface area (Å²) in [5, 5.41) is 1.31. The minimum Gasteiger partial charge on any atom is -0.351 e. The van der Waals surface area contributed by atoms with E-state index in [2.05, 4.69) is 70.5 Å². The molecule has 1 aromatic heterocycles. The van der Waals surface area contributed by atoms with Crippen LogP contribution in [0, 0.1) is 0 Å². The predicted molar refractivity (Wildman–Crippen MR) is 94.5 cm³/mol. The Labute approximate surface area is 125 Å². The molecule has 8 heteroatoms. The van der Waals surface area contributed by atoms with Crippen molar-refractivity contribution in [2.75, 3.05) is 0 Å². The van der Waals surface area contributed by atoms with Gasteiger partial charge in [-0.15, -0.1) is 0 Å². The third-order valence-corrected chi connectivity index (χ3v) is 10.8. The molecule has 0 N–H and O–H groups in total. The second-order valence-electron chi connectivity index (χ2n) is 2.83. The van der Waals surface area contributed by atoms with Crippen LogP contribution in [0.3, 0.4) is 0 Å². The molecule has 0 saturated heterocycles. The summed E-state index contributed by atoms with van der Waals surface area (Å²) in [6, 6.07) is 10.5. The molecule has 0 unspecified atom stereocenters. The van der Waals surface area contributed by atoms with Gasteiger partial charge in [-0.05, 0) is 17.5 Å². The van der Waals surface area contributed by atoms with Crippen molar-refractivity contribution in [3.05, 3.63) is 36.5 Å². The Morgan fingerprint density at radius 1 is 0.941 bits per heavy atom. The Morgan fingerprint density at radius 3 is 2.18 bits per heavy atom. The molecule has 1 heterocycles. The highest BCUT2D eigenvalue weighted by atomic mass is 33.4. The molecule has 92 valence electrons. The van der Waals surface area contributed by atoms with E-state index in [9.17, 15) is 0 Å². The molecule has 0 amide bonds. The molecule has 0 atom stereocenters. The first-order valence-corrected chi connectivity index (χ1v) is 12.4. The second-order valence-corrected chi connectivity index (χ2v) is 11.7. The van der Waals surface area contributed by atoms with E-state index in [1.165, 1.54) is 28.7 Å². The van der Waals surface area contributed by atoms with Crippen LogP contribution in [0.2, 0.25) is 0 Å². The zero-order valence-corrected chi connectivity index (χ0v) is 14.5. The van der Waals surface area contributed by atoms with Gasteiger partial charge in [0, 0.05) is 85.5 Å². The van der Waals surface area contributed by atoms with Crippen LogP contribution in [-0.4, -0.2) is 4.57 Å². The number of fused-ring (bicyclic) bond motifs is 1. The molecular weight excluding hydrogens is 347 g/mol. The van der Waals surface area contributed by atoms with Gasteiger partial charge < -0.3 is 4.57 Å². The fourth-order valence-corrected chi connectivity index (χ4v) is 9.49. The van der Waals surface area contributed by atoms with E-state index >= 15 is 0 Å². The van der Waals surface area contributed by atoms with Gasteiger partial charge in [0.15, 0.2) is 0 Å². The molecule has 0 bridgehead atoms. The zero-order chi connectivity index (χ0) is 12.5. The number of aromatic nitrogens is 1. The van der Waals surface area contributed by atoms with Crippen molar-refractivity contribution in [2.45, 2.75) is 0 Å². The average molecular weight is 356 g/mol. The summed E-state index contributed by atoms with van der Waals surface area (Å²) in [5.41, 5.74) is 1.29.